The van der Waals surface area contributed by atoms with Crippen molar-refractivity contribution in [1.29, 1.82) is 0 Å². The first-order chi connectivity index (χ1) is 11.8. The van der Waals surface area contributed by atoms with Gasteiger partial charge >= 0.3 is 0 Å². The third-order valence-electron chi connectivity index (χ3n) is 5.01. The SMILES string of the molecule is CCCN(CCC)CCCCCCCCCCCCCCCCN. The van der Waals surface area contributed by atoms with Crippen LogP contribution in [0, 0.1) is 0 Å². The molecule has 0 atom stereocenters. The summed E-state index contributed by atoms with van der Waals surface area (Å²) in [4.78, 5) is 2.65. The van der Waals surface area contributed by atoms with E-state index < -0.39 is 0 Å². The monoisotopic (exact) mass is 340 g/mol. The summed E-state index contributed by atoms with van der Waals surface area (Å²) < 4.78 is 0. The molecule has 0 heterocycles. The first-order valence-electron chi connectivity index (χ1n) is 11.3. The van der Waals surface area contributed by atoms with E-state index in [1.807, 2.05) is 0 Å². The molecule has 0 aliphatic carbocycles. The number of hydrogen-bond acceptors (Lipinski definition) is 2. The zero-order valence-electron chi connectivity index (χ0n) is 17.2. The lowest BCUT2D eigenvalue weighted by molar-refractivity contribution is 0.267. The second-order valence-corrected chi connectivity index (χ2v) is 7.58. The van der Waals surface area contributed by atoms with Gasteiger partial charge in [0.1, 0.15) is 0 Å². The summed E-state index contributed by atoms with van der Waals surface area (Å²) in [6, 6.07) is 0. The van der Waals surface area contributed by atoms with Crippen LogP contribution in [0.2, 0.25) is 0 Å². The maximum Gasteiger partial charge on any atom is -0.00187 e. The van der Waals surface area contributed by atoms with Crippen molar-refractivity contribution < 1.29 is 0 Å². The zero-order chi connectivity index (χ0) is 17.7. The van der Waals surface area contributed by atoms with Crippen LogP contribution in [0.3, 0.4) is 0 Å². The van der Waals surface area contributed by atoms with Crippen LogP contribution in [0.4, 0.5) is 0 Å². The summed E-state index contributed by atoms with van der Waals surface area (Å²) in [6.45, 7) is 9.37. The van der Waals surface area contributed by atoms with Crippen LogP contribution in [-0.2, 0) is 0 Å². The summed E-state index contributed by atoms with van der Waals surface area (Å²) in [5.41, 5.74) is 5.51. The van der Waals surface area contributed by atoms with E-state index in [-0.39, 0.29) is 0 Å². The van der Waals surface area contributed by atoms with Crippen molar-refractivity contribution in [3.05, 3.63) is 0 Å². The molecule has 24 heavy (non-hydrogen) atoms. The molecular weight excluding hydrogens is 292 g/mol. The van der Waals surface area contributed by atoms with Crippen LogP contribution in [0.5, 0.6) is 0 Å². The molecule has 2 N–H and O–H groups in total. The van der Waals surface area contributed by atoms with Gasteiger partial charge in [-0.3, -0.25) is 0 Å². The van der Waals surface area contributed by atoms with E-state index in [1.165, 1.54) is 122 Å². The molecule has 0 aliphatic rings. The van der Waals surface area contributed by atoms with Crippen LogP contribution in [-0.4, -0.2) is 31.1 Å². The Balaban J connectivity index is 3.14. The molecule has 0 unspecified atom stereocenters. The van der Waals surface area contributed by atoms with E-state index in [2.05, 4.69) is 18.7 Å². The van der Waals surface area contributed by atoms with E-state index in [0.717, 1.165) is 6.54 Å². The number of rotatable bonds is 20. The summed E-state index contributed by atoms with van der Waals surface area (Å²) in [7, 11) is 0. The highest BCUT2D eigenvalue weighted by atomic mass is 15.1. The summed E-state index contributed by atoms with van der Waals surface area (Å²) in [5.74, 6) is 0. The Morgan fingerprint density at radius 3 is 1.12 bits per heavy atom. The molecule has 0 aliphatic heterocycles. The Labute approximate surface area is 154 Å². The molecule has 0 saturated carbocycles. The van der Waals surface area contributed by atoms with Crippen LogP contribution >= 0.6 is 0 Å². The summed E-state index contributed by atoms with van der Waals surface area (Å²) >= 11 is 0. The third kappa shape index (κ3) is 18.3. The predicted octanol–water partition coefficient (Wildman–Crippen LogP) is 6.53. The van der Waals surface area contributed by atoms with Crippen LogP contribution in [0.25, 0.3) is 0 Å². The Kier molecular flexibility index (Phi) is 20.9. The lowest BCUT2D eigenvalue weighted by Gasteiger charge is -2.20. The van der Waals surface area contributed by atoms with Crippen molar-refractivity contribution in [3.8, 4) is 0 Å². The highest BCUT2D eigenvalue weighted by molar-refractivity contribution is 4.57. The molecule has 0 bridgehead atoms. The van der Waals surface area contributed by atoms with Gasteiger partial charge < -0.3 is 10.6 Å². The molecule has 2 nitrogen and oxygen atoms in total. The molecule has 0 spiro atoms. The topological polar surface area (TPSA) is 29.3 Å². The Morgan fingerprint density at radius 2 is 0.792 bits per heavy atom. The standard InChI is InChI=1S/C22H48N2/c1-3-20-24(21-4-2)22-18-16-14-12-10-8-6-5-7-9-11-13-15-17-19-23/h3-23H2,1-2H3. The van der Waals surface area contributed by atoms with Crippen LogP contribution in [0.15, 0.2) is 0 Å². The van der Waals surface area contributed by atoms with Gasteiger partial charge in [-0.15, -0.1) is 0 Å². The highest BCUT2D eigenvalue weighted by Crippen LogP contribution is 2.13. The molecule has 0 radical (unpaired) electrons. The predicted molar refractivity (Wildman–Crippen MR) is 111 cm³/mol. The second-order valence-electron chi connectivity index (χ2n) is 7.58. The molecule has 0 amide bonds. The second kappa shape index (κ2) is 21.0. The van der Waals surface area contributed by atoms with Crippen molar-refractivity contribution in [3.63, 3.8) is 0 Å². The fraction of sp³-hybridized carbons (Fsp3) is 1.00. The summed E-state index contributed by atoms with van der Waals surface area (Å²) in [5, 5.41) is 0. The average Bonchev–Trinajstić information content (AvgIpc) is 2.58. The maximum absolute atomic E-state index is 5.51. The van der Waals surface area contributed by atoms with Gasteiger partial charge in [0.15, 0.2) is 0 Å². The van der Waals surface area contributed by atoms with Gasteiger partial charge in [-0.1, -0.05) is 90.9 Å². The molecule has 0 aromatic rings. The van der Waals surface area contributed by atoms with Gasteiger partial charge in [0.2, 0.25) is 0 Å². The number of nitrogens with zero attached hydrogens (tertiary/aromatic N) is 1. The molecule has 2 heteroatoms. The summed E-state index contributed by atoms with van der Waals surface area (Å²) in [6.07, 6.45) is 22.5. The fourth-order valence-electron chi connectivity index (χ4n) is 3.57. The van der Waals surface area contributed by atoms with E-state index in [9.17, 15) is 0 Å². The number of nitrogens with two attached hydrogens (primary N) is 1. The molecule has 146 valence electrons. The largest absolute Gasteiger partial charge is 0.330 e. The van der Waals surface area contributed by atoms with Crippen molar-refractivity contribution in [2.24, 2.45) is 5.73 Å². The Hall–Kier alpha value is -0.0800. The lowest BCUT2D eigenvalue weighted by atomic mass is 10.0. The normalized spacial score (nSPS) is 11.5. The molecule has 0 saturated heterocycles. The minimum atomic E-state index is 0.871. The van der Waals surface area contributed by atoms with E-state index in [0.29, 0.717) is 0 Å². The van der Waals surface area contributed by atoms with Crippen molar-refractivity contribution >= 4 is 0 Å². The maximum atomic E-state index is 5.51. The fourth-order valence-corrected chi connectivity index (χ4v) is 3.57. The van der Waals surface area contributed by atoms with Gasteiger partial charge in [-0.25, -0.2) is 0 Å². The van der Waals surface area contributed by atoms with E-state index in [1.54, 1.807) is 0 Å². The van der Waals surface area contributed by atoms with Crippen molar-refractivity contribution in [2.45, 2.75) is 117 Å². The van der Waals surface area contributed by atoms with Gasteiger partial charge in [-0.05, 0) is 51.9 Å². The lowest BCUT2D eigenvalue weighted by Crippen LogP contribution is -2.26. The van der Waals surface area contributed by atoms with Gasteiger partial charge in [0.25, 0.3) is 0 Å². The van der Waals surface area contributed by atoms with Crippen LogP contribution in [0.1, 0.15) is 117 Å². The van der Waals surface area contributed by atoms with Crippen molar-refractivity contribution in [2.75, 3.05) is 26.2 Å². The van der Waals surface area contributed by atoms with Crippen molar-refractivity contribution in [1.82, 2.24) is 4.90 Å². The van der Waals surface area contributed by atoms with E-state index >= 15 is 0 Å². The highest BCUT2D eigenvalue weighted by Gasteiger charge is 2.01. The molecular formula is C22H48N2. The van der Waals surface area contributed by atoms with Gasteiger partial charge in [0.05, 0.1) is 0 Å². The number of hydrogen-bond donors (Lipinski definition) is 1. The Bertz CT molecular complexity index is 212. The molecule has 0 aromatic heterocycles. The molecule has 0 aromatic carbocycles. The van der Waals surface area contributed by atoms with E-state index in [4.69, 9.17) is 5.73 Å². The third-order valence-corrected chi connectivity index (χ3v) is 5.01. The average molecular weight is 341 g/mol. The minimum absolute atomic E-state index is 0.871. The first-order valence-corrected chi connectivity index (χ1v) is 11.3. The Morgan fingerprint density at radius 1 is 0.458 bits per heavy atom. The minimum Gasteiger partial charge on any atom is -0.330 e. The first kappa shape index (κ1) is 23.9. The van der Waals surface area contributed by atoms with Crippen LogP contribution < -0.4 is 5.73 Å². The molecule has 0 fully saturated rings. The zero-order valence-corrected chi connectivity index (χ0v) is 17.2. The smallest absolute Gasteiger partial charge is 0.00187 e. The number of unbranched alkanes of at least 4 members (excludes halogenated alkanes) is 13. The molecule has 0 rings (SSSR count). The van der Waals surface area contributed by atoms with Gasteiger partial charge in [-0.2, -0.15) is 0 Å². The van der Waals surface area contributed by atoms with Gasteiger partial charge in [0, 0.05) is 0 Å². The quantitative estimate of drug-likeness (QED) is 0.255.